The van der Waals surface area contributed by atoms with Gasteiger partial charge in [-0.25, -0.2) is 0 Å². The Hall–Kier alpha value is -2.86. The van der Waals surface area contributed by atoms with Crippen molar-refractivity contribution in [1.29, 1.82) is 0 Å². The zero-order valence-electron chi connectivity index (χ0n) is 22.7. The van der Waals surface area contributed by atoms with Gasteiger partial charge in [-0.3, -0.25) is 4.79 Å². The van der Waals surface area contributed by atoms with Crippen LogP contribution >= 0.6 is 11.8 Å². The van der Waals surface area contributed by atoms with Crippen LogP contribution in [0.15, 0.2) is 66.6 Å². The van der Waals surface area contributed by atoms with Gasteiger partial charge in [-0.1, -0.05) is 49.6 Å². The molecule has 0 aromatic heterocycles. The summed E-state index contributed by atoms with van der Waals surface area (Å²) in [5, 5.41) is 3.21. The van der Waals surface area contributed by atoms with E-state index in [1.54, 1.807) is 17.8 Å². The Morgan fingerprint density at radius 3 is 2.62 bits per heavy atom. The summed E-state index contributed by atoms with van der Waals surface area (Å²) >= 11 is 1.80. The van der Waals surface area contributed by atoms with Crippen LogP contribution in [0.1, 0.15) is 66.9 Å². The number of carbonyl (C=O) groups excluding carboxylic acids is 1. The van der Waals surface area contributed by atoms with Crippen LogP contribution in [0.25, 0.3) is 11.1 Å². The predicted molar refractivity (Wildman–Crippen MR) is 159 cm³/mol. The van der Waals surface area contributed by atoms with Gasteiger partial charge >= 0.3 is 0 Å². The van der Waals surface area contributed by atoms with Gasteiger partial charge in [0.05, 0.1) is 5.82 Å². The molecule has 0 heterocycles. The Bertz CT molecular complexity index is 1070. The first-order chi connectivity index (χ1) is 17.9. The van der Waals surface area contributed by atoms with Crippen LogP contribution in [-0.2, 0) is 6.54 Å². The molecule has 1 aliphatic rings. The van der Waals surface area contributed by atoms with Crippen molar-refractivity contribution in [2.45, 2.75) is 65.0 Å². The first kappa shape index (κ1) is 28.7. The molecule has 37 heavy (non-hydrogen) atoms. The summed E-state index contributed by atoms with van der Waals surface area (Å²) in [6.07, 6.45) is 14.6. The Labute approximate surface area is 227 Å². The van der Waals surface area contributed by atoms with Gasteiger partial charge in [0.25, 0.3) is 5.91 Å². The smallest absolute Gasteiger partial charge is 0.252 e. The molecule has 200 valence electrons. The molecule has 0 radical (unpaired) electrons. The predicted octanol–water partition coefficient (Wildman–Crippen LogP) is 6.19. The highest BCUT2D eigenvalue weighted by Crippen LogP contribution is 2.30. The maximum atomic E-state index is 13.4. The van der Waals surface area contributed by atoms with E-state index in [1.165, 1.54) is 38.3 Å². The van der Waals surface area contributed by atoms with Crippen LogP contribution in [0.2, 0.25) is 0 Å². The monoisotopic (exact) mass is 520 g/mol. The van der Waals surface area contributed by atoms with Crippen LogP contribution in [0, 0.1) is 12.8 Å². The molecule has 0 bridgehead atoms. The van der Waals surface area contributed by atoms with Crippen molar-refractivity contribution >= 4 is 17.7 Å². The standard InChI is InChI=1S/C31H44N4OS/c1-23-10-7-8-13-27(23)29-20-26(15-16-28(29)31(36)34-24(2)17-19-37-3)22-35(30(33)14-9-18-32)21-25-11-5-4-6-12-25/h7-10,13-16,18,20,24-25H,4-6,11-12,17,19,21-22,32-33H2,1-3H3,(H,34,36)/b18-9-,30-14+. The summed E-state index contributed by atoms with van der Waals surface area (Å²) in [7, 11) is 0. The second-order valence-electron chi connectivity index (χ2n) is 10.2. The zero-order valence-corrected chi connectivity index (χ0v) is 23.5. The van der Waals surface area contributed by atoms with Crippen molar-refractivity contribution in [3.63, 3.8) is 0 Å². The van der Waals surface area contributed by atoms with E-state index in [0.29, 0.717) is 23.8 Å². The van der Waals surface area contributed by atoms with Crippen molar-refractivity contribution in [3.05, 3.63) is 83.3 Å². The second-order valence-corrected chi connectivity index (χ2v) is 11.2. The number of nitrogens with two attached hydrogens (primary N) is 2. The van der Waals surface area contributed by atoms with Crippen molar-refractivity contribution < 1.29 is 4.79 Å². The molecule has 5 nitrogen and oxygen atoms in total. The Morgan fingerprint density at radius 1 is 1.16 bits per heavy atom. The molecule has 1 aliphatic carbocycles. The van der Waals surface area contributed by atoms with E-state index >= 15 is 0 Å². The van der Waals surface area contributed by atoms with Crippen LogP contribution in [-0.4, -0.2) is 35.4 Å². The SMILES string of the molecule is CSCCC(C)NC(=O)c1ccc(CN(CC2CCCCC2)/C(N)=C/C=C\N)cc1-c1ccccc1C. The Morgan fingerprint density at radius 2 is 1.92 bits per heavy atom. The average Bonchev–Trinajstić information content (AvgIpc) is 2.91. The molecule has 0 aliphatic heterocycles. The maximum absolute atomic E-state index is 13.4. The number of nitrogens with zero attached hydrogens (tertiary/aromatic N) is 1. The number of amides is 1. The molecule has 0 saturated heterocycles. The molecular weight excluding hydrogens is 476 g/mol. The number of benzene rings is 2. The summed E-state index contributed by atoms with van der Waals surface area (Å²) in [6.45, 7) is 5.78. The average molecular weight is 521 g/mol. The number of rotatable bonds is 12. The Kier molecular flexibility index (Phi) is 11.5. The fourth-order valence-electron chi connectivity index (χ4n) is 5.08. The van der Waals surface area contributed by atoms with Gasteiger partial charge in [0.2, 0.25) is 0 Å². The lowest BCUT2D eigenvalue weighted by Gasteiger charge is -2.31. The molecule has 1 unspecified atom stereocenters. The molecule has 5 N–H and O–H groups in total. The fraction of sp³-hybridized carbons (Fsp3) is 0.452. The van der Waals surface area contributed by atoms with Gasteiger partial charge < -0.3 is 21.7 Å². The first-order valence-corrected chi connectivity index (χ1v) is 14.9. The number of allylic oxidation sites excluding steroid dienone is 2. The normalized spacial score (nSPS) is 15.6. The molecule has 6 heteroatoms. The number of thioether (sulfide) groups is 1. The molecule has 2 aromatic rings. The van der Waals surface area contributed by atoms with Crippen molar-refractivity contribution in [2.24, 2.45) is 17.4 Å². The largest absolute Gasteiger partial charge is 0.405 e. The molecule has 1 fully saturated rings. The van der Waals surface area contributed by atoms with Crippen molar-refractivity contribution in [1.82, 2.24) is 10.2 Å². The lowest BCUT2D eigenvalue weighted by Crippen LogP contribution is -2.34. The van der Waals surface area contributed by atoms with E-state index < -0.39 is 0 Å². The van der Waals surface area contributed by atoms with Crippen LogP contribution in [0.5, 0.6) is 0 Å². The Balaban J connectivity index is 1.93. The fourth-order valence-corrected chi connectivity index (χ4v) is 5.67. The van der Waals surface area contributed by atoms with Gasteiger partial charge in [0.15, 0.2) is 0 Å². The number of nitrogens with one attached hydrogen (secondary N) is 1. The minimum atomic E-state index is -0.0232. The lowest BCUT2D eigenvalue weighted by molar-refractivity contribution is 0.0940. The molecule has 1 amide bonds. The first-order valence-electron chi connectivity index (χ1n) is 13.5. The minimum Gasteiger partial charge on any atom is -0.405 e. The van der Waals surface area contributed by atoms with Gasteiger partial charge in [-0.15, -0.1) is 0 Å². The highest BCUT2D eigenvalue weighted by Gasteiger charge is 2.20. The molecule has 1 atom stereocenters. The van der Waals surface area contributed by atoms with Gasteiger partial charge in [-0.2, -0.15) is 11.8 Å². The zero-order chi connectivity index (χ0) is 26.6. The maximum Gasteiger partial charge on any atom is 0.252 e. The van der Waals surface area contributed by atoms with E-state index in [1.807, 2.05) is 24.3 Å². The summed E-state index contributed by atoms with van der Waals surface area (Å²) in [5.41, 5.74) is 17.2. The third-order valence-corrected chi connectivity index (χ3v) is 7.86. The molecular formula is C31H44N4OS. The molecule has 2 aromatic carbocycles. The lowest BCUT2D eigenvalue weighted by atomic mass is 9.88. The van der Waals surface area contributed by atoms with E-state index in [2.05, 4.69) is 54.6 Å². The quantitative estimate of drug-likeness (QED) is 0.291. The van der Waals surface area contributed by atoms with Crippen LogP contribution < -0.4 is 16.8 Å². The highest BCUT2D eigenvalue weighted by molar-refractivity contribution is 7.98. The van der Waals surface area contributed by atoms with Crippen LogP contribution in [0.3, 0.4) is 0 Å². The number of aryl methyl sites for hydroxylation is 1. The number of hydrogen-bond donors (Lipinski definition) is 3. The number of hydrogen-bond acceptors (Lipinski definition) is 5. The van der Waals surface area contributed by atoms with Crippen LogP contribution in [0.4, 0.5) is 0 Å². The third kappa shape index (κ3) is 8.60. The summed E-state index contributed by atoms with van der Waals surface area (Å²) in [4.78, 5) is 15.6. The summed E-state index contributed by atoms with van der Waals surface area (Å²) in [5.74, 6) is 2.36. The van der Waals surface area contributed by atoms with E-state index in [-0.39, 0.29) is 11.9 Å². The number of carbonyl (C=O) groups is 1. The summed E-state index contributed by atoms with van der Waals surface area (Å²) in [6, 6.07) is 14.6. The van der Waals surface area contributed by atoms with Crippen molar-refractivity contribution in [2.75, 3.05) is 18.6 Å². The molecule has 0 spiro atoms. The van der Waals surface area contributed by atoms with E-state index in [9.17, 15) is 4.79 Å². The molecule has 1 saturated carbocycles. The van der Waals surface area contributed by atoms with Gasteiger partial charge in [0, 0.05) is 24.7 Å². The molecule has 3 rings (SSSR count). The third-order valence-electron chi connectivity index (χ3n) is 7.22. The summed E-state index contributed by atoms with van der Waals surface area (Å²) < 4.78 is 0. The minimum absolute atomic E-state index is 0.0232. The highest BCUT2D eigenvalue weighted by atomic mass is 32.2. The topological polar surface area (TPSA) is 84.4 Å². The van der Waals surface area contributed by atoms with E-state index in [4.69, 9.17) is 11.5 Å². The van der Waals surface area contributed by atoms with Crippen molar-refractivity contribution in [3.8, 4) is 11.1 Å². The van der Waals surface area contributed by atoms with Gasteiger partial charge in [-0.05, 0) is 104 Å². The van der Waals surface area contributed by atoms with Gasteiger partial charge in [0.1, 0.15) is 0 Å². The van der Waals surface area contributed by atoms with E-state index in [0.717, 1.165) is 41.0 Å². The second kappa shape index (κ2) is 14.8.